The Morgan fingerprint density at radius 3 is 2.92 bits per heavy atom. The van der Waals surface area contributed by atoms with E-state index in [1.807, 2.05) is 0 Å². The van der Waals surface area contributed by atoms with Crippen LogP contribution in [0.2, 0.25) is 0 Å². The van der Waals surface area contributed by atoms with Gasteiger partial charge < -0.3 is 10.1 Å². The van der Waals surface area contributed by atoms with Crippen LogP contribution >= 0.6 is 0 Å². The Kier molecular flexibility index (Phi) is 4.15. The lowest BCUT2D eigenvalue weighted by Gasteiger charge is -2.24. The third kappa shape index (κ3) is 3.23. The molecule has 0 saturated carbocycles. The molecule has 1 fully saturated rings. The van der Waals surface area contributed by atoms with Gasteiger partial charge in [0.1, 0.15) is 11.5 Å². The number of aromatic nitrogens is 3. The second-order valence-corrected chi connectivity index (χ2v) is 6.01. The molecule has 3 aromatic rings. The minimum Gasteiger partial charge on any atom is -0.376 e. The highest BCUT2D eigenvalue weighted by Crippen LogP contribution is 2.27. The highest BCUT2D eigenvalue weighted by Gasteiger charge is 2.29. The number of nitrogens with zero attached hydrogens (tertiary/aromatic N) is 3. The molecule has 1 aliphatic rings. The first-order valence-corrected chi connectivity index (χ1v) is 8.18. The molecule has 7 heteroatoms. The number of hydrogen-bond donors (Lipinski definition) is 1. The molecule has 0 aliphatic carbocycles. The second kappa shape index (κ2) is 6.60. The number of amides is 1. The molecule has 128 valence electrons. The molecule has 0 unspecified atom stereocenters. The number of carbonyl (C=O) groups excluding carboxylic acids is 1. The Morgan fingerprint density at radius 1 is 1.36 bits per heavy atom. The van der Waals surface area contributed by atoms with E-state index < -0.39 is 0 Å². The average molecular weight is 340 g/mol. The van der Waals surface area contributed by atoms with Gasteiger partial charge in [0.25, 0.3) is 5.91 Å². The van der Waals surface area contributed by atoms with Crippen molar-refractivity contribution in [3.8, 4) is 0 Å². The maximum absolute atomic E-state index is 13.2. The van der Waals surface area contributed by atoms with Gasteiger partial charge in [0, 0.05) is 25.2 Å². The SMILES string of the molecule is O=C(N[C@H](c1ccc(F)cc1)[C@H]1CCCO1)c1cn2cccnc2n1. The number of halogens is 1. The molecule has 3 heterocycles. The van der Waals surface area contributed by atoms with Gasteiger partial charge >= 0.3 is 0 Å². The summed E-state index contributed by atoms with van der Waals surface area (Å²) in [5.41, 5.74) is 1.09. The van der Waals surface area contributed by atoms with Crippen molar-refractivity contribution in [1.29, 1.82) is 0 Å². The number of imidazole rings is 1. The maximum atomic E-state index is 13.2. The van der Waals surface area contributed by atoms with Crippen LogP contribution in [-0.2, 0) is 4.74 Å². The van der Waals surface area contributed by atoms with E-state index >= 15 is 0 Å². The molecular weight excluding hydrogens is 323 g/mol. The second-order valence-electron chi connectivity index (χ2n) is 6.01. The zero-order valence-electron chi connectivity index (χ0n) is 13.4. The topological polar surface area (TPSA) is 68.5 Å². The maximum Gasteiger partial charge on any atom is 0.272 e. The third-order valence-corrected chi connectivity index (χ3v) is 4.32. The fourth-order valence-corrected chi connectivity index (χ4v) is 3.08. The fraction of sp³-hybridized carbons (Fsp3) is 0.278. The lowest BCUT2D eigenvalue weighted by molar-refractivity contribution is 0.0670. The van der Waals surface area contributed by atoms with E-state index in [0.29, 0.717) is 12.4 Å². The number of ether oxygens (including phenoxy) is 1. The smallest absolute Gasteiger partial charge is 0.272 e. The number of carbonyl (C=O) groups is 1. The quantitative estimate of drug-likeness (QED) is 0.792. The Hall–Kier alpha value is -2.80. The van der Waals surface area contributed by atoms with Gasteiger partial charge in [-0.05, 0) is 36.6 Å². The van der Waals surface area contributed by atoms with E-state index in [4.69, 9.17) is 4.74 Å². The van der Waals surface area contributed by atoms with Crippen LogP contribution in [0.25, 0.3) is 5.78 Å². The average Bonchev–Trinajstić information content (AvgIpc) is 3.30. The highest BCUT2D eigenvalue weighted by molar-refractivity contribution is 5.93. The largest absolute Gasteiger partial charge is 0.376 e. The van der Waals surface area contributed by atoms with Gasteiger partial charge in [-0.15, -0.1) is 0 Å². The lowest BCUT2D eigenvalue weighted by Crippen LogP contribution is -2.36. The van der Waals surface area contributed by atoms with Crippen molar-refractivity contribution in [1.82, 2.24) is 19.7 Å². The third-order valence-electron chi connectivity index (χ3n) is 4.32. The number of fused-ring (bicyclic) bond motifs is 1. The van der Waals surface area contributed by atoms with E-state index in [-0.39, 0.29) is 29.6 Å². The summed E-state index contributed by atoms with van der Waals surface area (Å²) in [6.07, 6.45) is 6.69. The van der Waals surface area contributed by atoms with Crippen molar-refractivity contribution in [3.05, 3.63) is 66.0 Å². The molecule has 25 heavy (non-hydrogen) atoms. The lowest BCUT2D eigenvalue weighted by atomic mass is 9.99. The monoisotopic (exact) mass is 340 g/mol. The molecule has 0 spiro atoms. The number of hydrogen-bond acceptors (Lipinski definition) is 4. The summed E-state index contributed by atoms with van der Waals surface area (Å²) in [6, 6.07) is 7.54. The zero-order valence-corrected chi connectivity index (χ0v) is 13.4. The van der Waals surface area contributed by atoms with Gasteiger partial charge in [0.15, 0.2) is 0 Å². The summed E-state index contributed by atoms with van der Waals surface area (Å²) >= 11 is 0. The first-order chi connectivity index (χ1) is 12.2. The van der Waals surface area contributed by atoms with Crippen LogP contribution in [-0.4, -0.2) is 33.0 Å². The molecule has 1 aliphatic heterocycles. The van der Waals surface area contributed by atoms with Crippen molar-refractivity contribution in [2.75, 3.05) is 6.61 Å². The summed E-state index contributed by atoms with van der Waals surface area (Å²) in [4.78, 5) is 21.0. The van der Waals surface area contributed by atoms with E-state index in [1.165, 1.54) is 12.1 Å². The molecule has 1 amide bonds. The molecule has 6 nitrogen and oxygen atoms in total. The Morgan fingerprint density at radius 2 is 2.20 bits per heavy atom. The van der Waals surface area contributed by atoms with Crippen LogP contribution in [0, 0.1) is 5.82 Å². The minimum absolute atomic E-state index is 0.135. The summed E-state index contributed by atoms with van der Waals surface area (Å²) in [5.74, 6) is -0.161. The molecule has 0 bridgehead atoms. The van der Waals surface area contributed by atoms with Gasteiger partial charge in [-0.25, -0.2) is 14.4 Å². The summed E-state index contributed by atoms with van der Waals surface area (Å²) < 4.78 is 20.7. The fourth-order valence-electron chi connectivity index (χ4n) is 3.08. The van der Waals surface area contributed by atoms with Gasteiger partial charge in [0.2, 0.25) is 5.78 Å². The first-order valence-electron chi connectivity index (χ1n) is 8.18. The van der Waals surface area contributed by atoms with Gasteiger partial charge in [0.05, 0.1) is 12.1 Å². The molecule has 2 aromatic heterocycles. The Balaban J connectivity index is 1.60. The van der Waals surface area contributed by atoms with Crippen LogP contribution in [0.4, 0.5) is 4.39 Å². The molecular formula is C18H17FN4O2. The molecule has 1 aromatic carbocycles. The van der Waals surface area contributed by atoms with E-state index in [0.717, 1.165) is 18.4 Å². The summed E-state index contributed by atoms with van der Waals surface area (Å²) in [6.45, 7) is 0.663. The molecule has 1 saturated heterocycles. The zero-order chi connectivity index (χ0) is 17.2. The van der Waals surface area contributed by atoms with Gasteiger partial charge in [-0.3, -0.25) is 9.20 Å². The predicted molar refractivity (Wildman–Crippen MR) is 88.6 cm³/mol. The highest BCUT2D eigenvalue weighted by atomic mass is 19.1. The van der Waals surface area contributed by atoms with Crippen molar-refractivity contribution in [2.45, 2.75) is 25.0 Å². The predicted octanol–water partition coefficient (Wildman–Crippen LogP) is 2.52. The summed E-state index contributed by atoms with van der Waals surface area (Å²) in [5, 5.41) is 2.98. The molecule has 0 radical (unpaired) electrons. The van der Waals surface area contributed by atoms with Crippen LogP contribution in [0.1, 0.15) is 34.9 Å². The normalized spacial score (nSPS) is 18.4. The summed E-state index contributed by atoms with van der Waals surface area (Å²) in [7, 11) is 0. The first kappa shape index (κ1) is 15.7. The molecule has 4 rings (SSSR count). The van der Waals surface area contributed by atoms with Crippen LogP contribution in [0.3, 0.4) is 0 Å². The van der Waals surface area contributed by atoms with Crippen LogP contribution in [0.5, 0.6) is 0 Å². The van der Waals surface area contributed by atoms with Crippen LogP contribution in [0.15, 0.2) is 48.9 Å². The van der Waals surface area contributed by atoms with Crippen molar-refractivity contribution in [2.24, 2.45) is 0 Å². The molecule has 2 atom stereocenters. The van der Waals surface area contributed by atoms with Gasteiger partial charge in [-0.1, -0.05) is 12.1 Å². The number of nitrogens with one attached hydrogen (secondary N) is 1. The Labute approximate surface area is 143 Å². The van der Waals surface area contributed by atoms with Crippen molar-refractivity contribution < 1.29 is 13.9 Å². The van der Waals surface area contributed by atoms with Crippen molar-refractivity contribution in [3.63, 3.8) is 0 Å². The number of benzene rings is 1. The van der Waals surface area contributed by atoms with E-state index in [1.54, 1.807) is 41.2 Å². The minimum atomic E-state index is -0.353. The standard InChI is InChI=1S/C18H17FN4O2/c19-13-6-4-12(5-7-13)16(15-3-1-10-25-15)22-17(24)14-11-23-9-2-8-20-18(23)21-14/h2,4-9,11,15-16H,1,3,10H2,(H,22,24)/t15-,16-/m1/s1. The van der Waals surface area contributed by atoms with Gasteiger partial charge in [-0.2, -0.15) is 0 Å². The molecule has 1 N–H and O–H groups in total. The van der Waals surface area contributed by atoms with E-state index in [9.17, 15) is 9.18 Å². The van der Waals surface area contributed by atoms with E-state index in [2.05, 4.69) is 15.3 Å². The van der Waals surface area contributed by atoms with Crippen molar-refractivity contribution >= 4 is 11.7 Å². The Bertz CT molecular complexity index is 854. The number of rotatable bonds is 4. The van der Waals surface area contributed by atoms with Crippen LogP contribution < -0.4 is 5.32 Å².